The van der Waals surface area contributed by atoms with E-state index in [1.165, 1.54) is 6.07 Å². The molecule has 0 aliphatic rings. The maximum absolute atomic E-state index is 11.9. The summed E-state index contributed by atoms with van der Waals surface area (Å²) in [7, 11) is 0. The molecule has 0 saturated carbocycles. The lowest BCUT2D eigenvalue weighted by Crippen LogP contribution is -2.21. The second-order valence-electron chi connectivity index (χ2n) is 4.68. The van der Waals surface area contributed by atoms with Crippen molar-refractivity contribution >= 4 is 40.8 Å². The van der Waals surface area contributed by atoms with Crippen molar-refractivity contribution in [3.8, 4) is 5.75 Å². The van der Waals surface area contributed by atoms with Gasteiger partial charge in [-0.05, 0) is 43.3 Å². The Bertz CT molecular complexity index is 732. The van der Waals surface area contributed by atoms with Crippen molar-refractivity contribution in [2.75, 3.05) is 18.5 Å². The van der Waals surface area contributed by atoms with Crippen molar-refractivity contribution in [3.05, 3.63) is 58.1 Å². The fourth-order valence-corrected chi connectivity index (χ4v) is 2.25. The molecular formula is C17H15Cl2NO4. The largest absolute Gasteiger partial charge is 0.494 e. The molecule has 2 aromatic rings. The summed E-state index contributed by atoms with van der Waals surface area (Å²) >= 11 is 11.8. The molecule has 5 nitrogen and oxygen atoms in total. The number of nitrogens with one attached hydrogen (secondary N) is 1. The minimum absolute atomic E-state index is 0.0936. The van der Waals surface area contributed by atoms with Gasteiger partial charge in [-0.15, -0.1) is 0 Å². The van der Waals surface area contributed by atoms with Crippen LogP contribution < -0.4 is 10.1 Å². The molecule has 0 unspecified atom stereocenters. The summed E-state index contributed by atoms with van der Waals surface area (Å²) < 4.78 is 10.3. The standard InChI is InChI=1S/C17H15Cl2NO4/c1-2-23-12-8-6-11(7-9-12)20-15(21)10-24-17(22)13-4-3-5-14(18)16(13)19/h3-9H,2,10H2,1H3,(H,20,21). The van der Waals surface area contributed by atoms with Gasteiger partial charge in [0, 0.05) is 5.69 Å². The molecular weight excluding hydrogens is 353 g/mol. The second kappa shape index (κ2) is 8.57. The molecule has 0 aromatic heterocycles. The number of ether oxygens (including phenoxy) is 2. The van der Waals surface area contributed by atoms with E-state index in [2.05, 4.69) is 5.32 Å². The van der Waals surface area contributed by atoms with Crippen LogP contribution in [-0.4, -0.2) is 25.1 Å². The van der Waals surface area contributed by atoms with Crippen LogP contribution in [0.2, 0.25) is 10.0 Å². The fraction of sp³-hybridized carbons (Fsp3) is 0.176. The third-order valence-corrected chi connectivity index (χ3v) is 3.77. The number of hydrogen-bond donors (Lipinski definition) is 1. The Hall–Kier alpha value is -2.24. The van der Waals surface area contributed by atoms with E-state index >= 15 is 0 Å². The number of anilines is 1. The molecule has 0 atom stereocenters. The third-order valence-electron chi connectivity index (χ3n) is 2.95. The fourth-order valence-electron chi connectivity index (χ4n) is 1.87. The van der Waals surface area contributed by atoms with Crippen molar-refractivity contribution in [2.24, 2.45) is 0 Å². The molecule has 24 heavy (non-hydrogen) atoms. The molecule has 2 aromatic carbocycles. The van der Waals surface area contributed by atoms with Crippen molar-refractivity contribution in [1.82, 2.24) is 0 Å². The van der Waals surface area contributed by atoms with Gasteiger partial charge in [-0.1, -0.05) is 29.3 Å². The maximum Gasteiger partial charge on any atom is 0.340 e. The number of hydrogen-bond acceptors (Lipinski definition) is 4. The summed E-state index contributed by atoms with van der Waals surface area (Å²) in [5.74, 6) is -0.479. The second-order valence-corrected chi connectivity index (χ2v) is 5.47. The Morgan fingerprint density at radius 2 is 1.79 bits per heavy atom. The van der Waals surface area contributed by atoms with Gasteiger partial charge in [0.05, 0.1) is 22.2 Å². The van der Waals surface area contributed by atoms with Gasteiger partial charge >= 0.3 is 5.97 Å². The number of halogens is 2. The number of benzene rings is 2. The smallest absolute Gasteiger partial charge is 0.340 e. The average molecular weight is 368 g/mol. The molecule has 1 N–H and O–H groups in total. The predicted molar refractivity (Wildman–Crippen MR) is 93.0 cm³/mol. The maximum atomic E-state index is 11.9. The first kappa shape index (κ1) is 18.1. The first-order valence-corrected chi connectivity index (χ1v) is 7.90. The summed E-state index contributed by atoms with van der Waals surface area (Å²) in [6.45, 7) is 2.01. The molecule has 0 radical (unpaired) electrons. The number of rotatable bonds is 6. The Balaban J connectivity index is 1.88. The zero-order valence-corrected chi connectivity index (χ0v) is 14.4. The normalized spacial score (nSPS) is 10.1. The van der Waals surface area contributed by atoms with Gasteiger partial charge in [0.15, 0.2) is 6.61 Å². The van der Waals surface area contributed by atoms with Crippen molar-refractivity contribution < 1.29 is 19.1 Å². The van der Waals surface area contributed by atoms with Crippen LogP contribution in [0.3, 0.4) is 0 Å². The summed E-state index contributed by atoms with van der Waals surface area (Å²) in [6.07, 6.45) is 0. The quantitative estimate of drug-likeness (QED) is 0.777. The first-order chi connectivity index (χ1) is 11.5. The lowest BCUT2D eigenvalue weighted by molar-refractivity contribution is -0.119. The van der Waals surface area contributed by atoms with Crippen LogP contribution in [0.1, 0.15) is 17.3 Å². The van der Waals surface area contributed by atoms with E-state index in [9.17, 15) is 9.59 Å². The van der Waals surface area contributed by atoms with E-state index in [0.29, 0.717) is 18.0 Å². The summed E-state index contributed by atoms with van der Waals surface area (Å²) in [5.41, 5.74) is 0.679. The highest BCUT2D eigenvalue weighted by molar-refractivity contribution is 6.43. The zero-order valence-electron chi connectivity index (χ0n) is 12.8. The van der Waals surface area contributed by atoms with Gasteiger partial charge in [0.25, 0.3) is 5.91 Å². The van der Waals surface area contributed by atoms with Gasteiger partial charge in [0.1, 0.15) is 5.75 Å². The van der Waals surface area contributed by atoms with Crippen LogP contribution in [0.5, 0.6) is 5.75 Å². The zero-order chi connectivity index (χ0) is 17.5. The van der Waals surface area contributed by atoms with Crippen LogP contribution in [0.4, 0.5) is 5.69 Å². The Kier molecular flexibility index (Phi) is 6.46. The lowest BCUT2D eigenvalue weighted by Gasteiger charge is -2.09. The van der Waals surface area contributed by atoms with E-state index < -0.39 is 18.5 Å². The number of carbonyl (C=O) groups is 2. The molecule has 0 fully saturated rings. The topological polar surface area (TPSA) is 64.6 Å². The SMILES string of the molecule is CCOc1ccc(NC(=O)COC(=O)c2cccc(Cl)c2Cl)cc1. The highest BCUT2D eigenvalue weighted by Gasteiger charge is 2.15. The van der Waals surface area contributed by atoms with Crippen LogP contribution in [0, 0.1) is 0 Å². The minimum atomic E-state index is -0.718. The Morgan fingerprint density at radius 3 is 2.46 bits per heavy atom. The Morgan fingerprint density at radius 1 is 1.08 bits per heavy atom. The van der Waals surface area contributed by atoms with Crippen LogP contribution >= 0.6 is 23.2 Å². The molecule has 0 aliphatic carbocycles. The number of carbonyl (C=O) groups excluding carboxylic acids is 2. The van der Waals surface area contributed by atoms with Crippen molar-refractivity contribution in [1.29, 1.82) is 0 Å². The van der Waals surface area contributed by atoms with E-state index in [1.807, 2.05) is 6.92 Å². The van der Waals surface area contributed by atoms with E-state index in [4.69, 9.17) is 32.7 Å². The summed E-state index contributed by atoms with van der Waals surface area (Å²) in [5, 5.41) is 2.95. The molecule has 7 heteroatoms. The molecule has 0 heterocycles. The summed E-state index contributed by atoms with van der Waals surface area (Å²) in [6, 6.07) is 11.5. The van der Waals surface area contributed by atoms with Crippen molar-refractivity contribution in [2.45, 2.75) is 6.92 Å². The van der Waals surface area contributed by atoms with Gasteiger partial charge in [-0.2, -0.15) is 0 Å². The minimum Gasteiger partial charge on any atom is -0.494 e. The van der Waals surface area contributed by atoms with Gasteiger partial charge in [-0.25, -0.2) is 4.79 Å². The van der Waals surface area contributed by atoms with E-state index in [0.717, 1.165) is 0 Å². The molecule has 0 spiro atoms. The molecule has 0 saturated heterocycles. The number of amides is 1. The van der Waals surface area contributed by atoms with Gasteiger partial charge in [0.2, 0.25) is 0 Å². The monoisotopic (exact) mass is 367 g/mol. The first-order valence-electron chi connectivity index (χ1n) is 7.15. The van der Waals surface area contributed by atoms with Crippen molar-refractivity contribution in [3.63, 3.8) is 0 Å². The molecule has 126 valence electrons. The van der Waals surface area contributed by atoms with Gasteiger partial charge in [-0.3, -0.25) is 4.79 Å². The third kappa shape index (κ3) is 4.88. The molecule has 2 rings (SSSR count). The number of esters is 1. The Labute approximate surface area is 149 Å². The average Bonchev–Trinajstić information content (AvgIpc) is 2.57. The lowest BCUT2D eigenvalue weighted by atomic mass is 10.2. The van der Waals surface area contributed by atoms with Crippen LogP contribution in [0.15, 0.2) is 42.5 Å². The molecule has 0 bridgehead atoms. The van der Waals surface area contributed by atoms with E-state index in [1.54, 1.807) is 36.4 Å². The van der Waals surface area contributed by atoms with Gasteiger partial charge < -0.3 is 14.8 Å². The predicted octanol–water partition coefficient (Wildman–Crippen LogP) is 4.19. The molecule has 1 amide bonds. The summed E-state index contributed by atoms with van der Waals surface area (Å²) in [4.78, 5) is 23.8. The highest BCUT2D eigenvalue weighted by Crippen LogP contribution is 2.26. The highest BCUT2D eigenvalue weighted by atomic mass is 35.5. The molecule has 0 aliphatic heterocycles. The van der Waals surface area contributed by atoms with E-state index in [-0.39, 0.29) is 15.6 Å². The van der Waals surface area contributed by atoms with Crippen LogP contribution in [-0.2, 0) is 9.53 Å². The van der Waals surface area contributed by atoms with Crippen LogP contribution in [0.25, 0.3) is 0 Å².